The highest BCUT2D eigenvalue weighted by molar-refractivity contribution is 5.96. The zero-order chi connectivity index (χ0) is 14.7. The number of piperazine rings is 1. The lowest BCUT2D eigenvalue weighted by Gasteiger charge is -2.37. The van der Waals surface area contributed by atoms with E-state index >= 15 is 0 Å². The van der Waals surface area contributed by atoms with Crippen molar-refractivity contribution in [1.29, 1.82) is 0 Å². The Morgan fingerprint density at radius 3 is 2.75 bits per heavy atom. The number of hydrogen-bond acceptors (Lipinski definition) is 4. The highest BCUT2D eigenvalue weighted by Crippen LogP contribution is 2.16. The topological polar surface area (TPSA) is 80.1 Å². The fourth-order valence-corrected chi connectivity index (χ4v) is 2.47. The Kier molecular flexibility index (Phi) is 4.36. The Labute approximate surface area is 118 Å². The molecule has 2 amide bonds. The maximum absolute atomic E-state index is 12.3. The second kappa shape index (κ2) is 6.02. The minimum absolute atomic E-state index is 0.0671. The van der Waals surface area contributed by atoms with E-state index in [0.29, 0.717) is 13.0 Å². The van der Waals surface area contributed by atoms with Gasteiger partial charge in [-0.3, -0.25) is 9.59 Å². The molecule has 0 aromatic carbocycles. The van der Waals surface area contributed by atoms with Crippen LogP contribution < -0.4 is 5.32 Å². The van der Waals surface area contributed by atoms with Crippen LogP contribution in [0.3, 0.4) is 0 Å². The summed E-state index contributed by atoms with van der Waals surface area (Å²) in [5, 5.41) is 6.86. The van der Waals surface area contributed by atoms with Gasteiger partial charge in [-0.05, 0) is 19.8 Å². The first kappa shape index (κ1) is 14.5. The highest BCUT2D eigenvalue weighted by atomic mass is 16.2. The summed E-state index contributed by atoms with van der Waals surface area (Å²) in [6.07, 6.45) is 3.02. The van der Waals surface area contributed by atoms with Crippen molar-refractivity contribution in [3.05, 3.63) is 12.2 Å². The summed E-state index contributed by atoms with van der Waals surface area (Å²) in [5.41, 5.74) is 0. The molecule has 1 aromatic heterocycles. The fraction of sp³-hybridized carbons (Fsp3) is 0.692. The molecule has 1 aromatic rings. The van der Waals surface area contributed by atoms with Gasteiger partial charge in [0, 0.05) is 6.54 Å². The van der Waals surface area contributed by atoms with E-state index in [-0.39, 0.29) is 11.8 Å². The van der Waals surface area contributed by atoms with Gasteiger partial charge in [0.2, 0.25) is 11.8 Å². The van der Waals surface area contributed by atoms with Gasteiger partial charge in [0.25, 0.3) is 0 Å². The van der Waals surface area contributed by atoms with Crippen LogP contribution in [0, 0.1) is 0 Å². The van der Waals surface area contributed by atoms with Crippen LogP contribution in [0.15, 0.2) is 6.33 Å². The van der Waals surface area contributed by atoms with Crippen molar-refractivity contribution in [2.45, 2.75) is 58.8 Å². The first-order chi connectivity index (χ1) is 9.58. The van der Waals surface area contributed by atoms with E-state index < -0.39 is 12.1 Å². The second-order valence-corrected chi connectivity index (χ2v) is 5.02. The van der Waals surface area contributed by atoms with Crippen molar-refractivity contribution in [1.82, 2.24) is 25.0 Å². The Morgan fingerprint density at radius 1 is 1.35 bits per heavy atom. The van der Waals surface area contributed by atoms with Crippen molar-refractivity contribution < 1.29 is 9.59 Å². The standard InChI is InChI=1S/C13H21N5O2/c1-4-6-18-11(14-8-15-18)7-17-10(5-2)12(19)16-9(3)13(17)20/h8-10H,4-7H2,1-3H3,(H,16,19). The third-order valence-electron chi connectivity index (χ3n) is 3.52. The van der Waals surface area contributed by atoms with E-state index in [1.807, 2.05) is 6.92 Å². The lowest BCUT2D eigenvalue weighted by molar-refractivity contribution is -0.149. The number of nitrogens with zero attached hydrogens (tertiary/aromatic N) is 4. The molecular formula is C13H21N5O2. The number of carbonyl (C=O) groups excluding carboxylic acids is 2. The first-order valence-corrected chi connectivity index (χ1v) is 7.06. The van der Waals surface area contributed by atoms with Gasteiger partial charge in [-0.25, -0.2) is 9.67 Å². The highest BCUT2D eigenvalue weighted by Gasteiger charge is 2.37. The predicted octanol–water partition coefficient (Wildman–Crippen LogP) is 0.314. The minimum Gasteiger partial charge on any atom is -0.343 e. The van der Waals surface area contributed by atoms with E-state index in [4.69, 9.17) is 0 Å². The lowest BCUT2D eigenvalue weighted by atomic mass is 10.1. The lowest BCUT2D eigenvalue weighted by Crippen LogP contribution is -2.61. The van der Waals surface area contributed by atoms with Gasteiger partial charge >= 0.3 is 0 Å². The molecule has 110 valence electrons. The van der Waals surface area contributed by atoms with E-state index in [1.165, 1.54) is 6.33 Å². The molecule has 2 unspecified atom stereocenters. The number of rotatable bonds is 5. The normalized spacial score (nSPS) is 23.1. The van der Waals surface area contributed by atoms with Gasteiger partial charge in [0.1, 0.15) is 24.2 Å². The Balaban J connectivity index is 2.21. The van der Waals surface area contributed by atoms with Crippen molar-refractivity contribution in [3.63, 3.8) is 0 Å². The van der Waals surface area contributed by atoms with Gasteiger partial charge in [-0.2, -0.15) is 5.10 Å². The number of aryl methyl sites for hydroxylation is 1. The zero-order valence-corrected chi connectivity index (χ0v) is 12.2. The first-order valence-electron chi connectivity index (χ1n) is 7.06. The molecule has 0 radical (unpaired) electrons. The third kappa shape index (κ3) is 2.66. The van der Waals surface area contributed by atoms with Crippen molar-refractivity contribution >= 4 is 11.8 Å². The van der Waals surface area contributed by atoms with Crippen LogP contribution in [0.25, 0.3) is 0 Å². The van der Waals surface area contributed by atoms with Crippen molar-refractivity contribution in [2.24, 2.45) is 0 Å². The summed E-state index contributed by atoms with van der Waals surface area (Å²) in [6.45, 7) is 6.75. The second-order valence-electron chi connectivity index (χ2n) is 5.02. The number of hydrogen-bond donors (Lipinski definition) is 1. The molecule has 1 saturated heterocycles. The molecule has 2 heterocycles. The summed E-state index contributed by atoms with van der Waals surface area (Å²) in [5.74, 6) is 0.559. The summed E-state index contributed by atoms with van der Waals surface area (Å²) < 4.78 is 1.79. The SMILES string of the molecule is CCCn1ncnc1CN1C(=O)C(C)NC(=O)C1CC. The van der Waals surface area contributed by atoms with Crippen LogP contribution in [0.2, 0.25) is 0 Å². The third-order valence-corrected chi connectivity index (χ3v) is 3.52. The Hall–Kier alpha value is -1.92. The van der Waals surface area contributed by atoms with Crippen LogP contribution in [0.1, 0.15) is 39.4 Å². The van der Waals surface area contributed by atoms with Crippen LogP contribution >= 0.6 is 0 Å². The van der Waals surface area contributed by atoms with Crippen molar-refractivity contribution in [2.75, 3.05) is 0 Å². The average Bonchev–Trinajstić information content (AvgIpc) is 2.84. The number of carbonyl (C=O) groups is 2. The monoisotopic (exact) mass is 279 g/mol. The van der Waals surface area contributed by atoms with Gasteiger partial charge in [0.15, 0.2) is 0 Å². The Bertz CT molecular complexity index is 499. The molecule has 7 heteroatoms. The molecule has 0 aliphatic carbocycles. The molecule has 0 spiro atoms. The molecule has 0 bridgehead atoms. The summed E-state index contributed by atoms with van der Waals surface area (Å²) in [6, 6.07) is -0.904. The van der Waals surface area contributed by atoms with Gasteiger partial charge < -0.3 is 10.2 Å². The van der Waals surface area contributed by atoms with Gasteiger partial charge in [0.05, 0.1) is 6.54 Å². The smallest absolute Gasteiger partial charge is 0.245 e. The maximum atomic E-state index is 12.3. The molecule has 2 atom stereocenters. The van der Waals surface area contributed by atoms with Gasteiger partial charge in [-0.1, -0.05) is 13.8 Å². The van der Waals surface area contributed by atoms with Crippen LogP contribution in [0.4, 0.5) is 0 Å². The molecular weight excluding hydrogens is 258 g/mol. The summed E-state index contributed by atoms with van der Waals surface area (Å²) in [4.78, 5) is 30.1. The molecule has 7 nitrogen and oxygen atoms in total. The summed E-state index contributed by atoms with van der Waals surface area (Å²) in [7, 11) is 0. The molecule has 1 aliphatic heterocycles. The average molecular weight is 279 g/mol. The zero-order valence-electron chi connectivity index (χ0n) is 12.2. The minimum atomic E-state index is -0.479. The molecule has 1 aliphatic rings. The molecule has 0 saturated carbocycles. The van der Waals surface area contributed by atoms with E-state index in [2.05, 4.69) is 22.3 Å². The number of nitrogens with one attached hydrogen (secondary N) is 1. The molecule has 1 fully saturated rings. The molecule has 1 N–H and O–H groups in total. The van der Waals surface area contributed by atoms with E-state index in [9.17, 15) is 9.59 Å². The maximum Gasteiger partial charge on any atom is 0.245 e. The molecule has 2 rings (SSSR count). The van der Waals surface area contributed by atoms with Crippen LogP contribution in [0.5, 0.6) is 0 Å². The fourth-order valence-electron chi connectivity index (χ4n) is 2.47. The largest absolute Gasteiger partial charge is 0.343 e. The quantitative estimate of drug-likeness (QED) is 0.841. The number of amides is 2. The number of aromatic nitrogens is 3. The predicted molar refractivity (Wildman–Crippen MR) is 72.5 cm³/mol. The van der Waals surface area contributed by atoms with Gasteiger partial charge in [-0.15, -0.1) is 0 Å². The van der Waals surface area contributed by atoms with Crippen LogP contribution in [-0.2, 0) is 22.7 Å². The van der Waals surface area contributed by atoms with Crippen molar-refractivity contribution in [3.8, 4) is 0 Å². The van der Waals surface area contributed by atoms with E-state index in [1.54, 1.807) is 16.5 Å². The van der Waals surface area contributed by atoms with E-state index in [0.717, 1.165) is 18.8 Å². The molecule has 20 heavy (non-hydrogen) atoms. The van der Waals surface area contributed by atoms with Crippen LogP contribution in [-0.4, -0.2) is 43.6 Å². The Morgan fingerprint density at radius 2 is 2.10 bits per heavy atom. The summed E-state index contributed by atoms with van der Waals surface area (Å²) >= 11 is 0.